The molecule has 2 heterocycles. The first-order valence-electron chi connectivity index (χ1n) is 12.1. The van der Waals surface area contributed by atoms with Gasteiger partial charge in [0.2, 0.25) is 0 Å². The normalized spacial score (nSPS) is 12.2. The zero-order valence-electron chi connectivity index (χ0n) is 22.2. The molecule has 2 aromatic carbocycles. The average Bonchev–Trinajstić information content (AvgIpc) is 3.29. The van der Waals surface area contributed by atoms with Crippen LogP contribution in [0.15, 0.2) is 57.9 Å². The van der Waals surface area contributed by atoms with Crippen LogP contribution in [0.1, 0.15) is 5.56 Å². The number of hydrogen-bond donors (Lipinski definition) is 0. The van der Waals surface area contributed by atoms with Crippen LogP contribution < -0.4 is 15.0 Å². The van der Waals surface area contributed by atoms with Crippen molar-refractivity contribution in [1.82, 2.24) is 14.3 Å². The fourth-order valence-corrected chi connectivity index (χ4v) is 5.20. The maximum absolute atomic E-state index is 14.0. The van der Waals surface area contributed by atoms with Gasteiger partial charge in [0.25, 0.3) is 5.56 Å². The van der Waals surface area contributed by atoms with Crippen molar-refractivity contribution in [1.29, 1.82) is 0 Å². The van der Waals surface area contributed by atoms with Gasteiger partial charge in [-0.1, -0.05) is 35.6 Å². The zero-order valence-corrected chi connectivity index (χ0v) is 24.8. The number of alkyl halides is 3. The Hall–Kier alpha value is -3.09. The third-order valence-corrected chi connectivity index (χ3v) is 8.36. The fourth-order valence-electron chi connectivity index (χ4n) is 4.09. The molecule has 0 fully saturated rings. The Bertz CT molecular complexity index is 1540. The number of benzene rings is 2. The minimum Gasteiger partial charge on any atom is -0.497 e. The van der Waals surface area contributed by atoms with Gasteiger partial charge in [0.05, 0.1) is 25.5 Å². The fraction of sp³-hybridized carbons (Fsp3) is 0.333. The first kappa shape index (κ1) is 28.9. The quantitative estimate of drug-likeness (QED) is 0.149. The molecule has 0 saturated carbocycles. The van der Waals surface area contributed by atoms with E-state index >= 15 is 0 Å². The second-order valence-corrected chi connectivity index (χ2v) is 16.8. The summed E-state index contributed by atoms with van der Waals surface area (Å²) in [6, 6.07) is 11.1. The van der Waals surface area contributed by atoms with E-state index in [1.807, 2.05) is 0 Å². The Kier molecular flexibility index (Phi) is 8.29. The maximum atomic E-state index is 14.0. The largest absolute Gasteiger partial charge is 0.497 e. The van der Waals surface area contributed by atoms with Gasteiger partial charge >= 0.3 is 6.18 Å². The Morgan fingerprint density at radius 1 is 1.00 bits per heavy atom. The number of hydrogen-bond acceptors (Lipinski definition) is 5. The van der Waals surface area contributed by atoms with Crippen LogP contribution in [0.2, 0.25) is 25.7 Å². The van der Waals surface area contributed by atoms with Crippen LogP contribution in [0.3, 0.4) is 0 Å². The molecule has 0 unspecified atom stereocenters. The second-order valence-electron chi connectivity index (χ2n) is 10.2. The molecule has 12 heteroatoms. The second kappa shape index (κ2) is 11.2. The van der Waals surface area contributed by atoms with Crippen LogP contribution in [-0.4, -0.2) is 43.2 Å². The summed E-state index contributed by atoms with van der Waals surface area (Å²) in [4.78, 5) is 13.8. The lowest BCUT2D eigenvalue weighted by molar-refractivity contribution is -0.137. The van der Waals surface area contributed by atoms with Crippen LogP contribution >= 0.6 is 15.9 Å². The van der Waals surface area contributed by atoms with Crippen molar-refractivity contribution in [2.75, 3.05) is 20.8 Å². The summed E-state index contributed by atoms with van der Waals surface area (Å²) in [6.07, 6.45) is -3.04. The van der Waals surface area contributed by atoms with Crippen LogP contribution in [0.4, 0.5) is 13.2 Å². The number of nitrogens with zero attached hydrogens (tertiary/aromatic N) is 3. The lowest BCUT2D eigenvalue weighted by Gasteiger charge is -2.17. The van der Waals surface area contributed by atoms with Gasteiger partial charge in [-0.25, -0.2) is 0 Å². The van der Waals surface area contributed by atoms with E-state index in [1.165, 1.54) is 26.4 Å². The van der Waals surface area contributed by atoms with Crippen molar-refractivity contribution in [3.8, 4) is 28.4 Å². The van der Waals surface area contributed by atoms with E-state index in [0.717, 1.165) is 16.8 Å². The first-order chi connectivity index (χ1) is 18.3. The number of halogens is 4. The van der Waals surface area contributed by atoms with E-state index in [1.54, 1.807) is 35.0 Å². The van der Waals surface area contributed by atoms with Crippen molar-refractivity contribution < 1.29 is 27.4 Å². The summed E-state index contributed by atoms with van der Waals surface area (Å²) >= 11 is 3.24. The number of rotatable bonds is 9. The predicted molar refractivity (Wildman–Crippen MR) is 151 cm³/mol. The average molecular weight is 625 g/mol. The highest BCUT2D eigenvalue weighted by molar-refractivity contribution is 9.10. The third kappa shape index (κ3) is 6.39. The van der Waals surface area contributed by atoms with Crippen LogP contribution in [0, 0.1) is 0 Å². The number of fused-ring (bicyclic) bond motifs is 1. The summed E-state index contributed by atoms with van der Waals surface area (Å²) in [5.41, 5.74) is -1.12. The molecule has 0 atom stereocenters. The minimum atomic E-state index is -4.71. The number of ether oxygens (including phenoxy) is 3. The molecule has 39 heavy (non-hydrogen) atoms. The van der Waals surface area contributed by atoms with Crippen LogP contribution in [0.25, 0.3) is 27.8 Å². The van der Waals surface area contributed by atoms with Gasteiger partial charge in [0, 0.05) is 42.4 Å². The first-order valence-corrected chi connectivity index (χ1v) is 16.6. The van der Waals surface area contributed by atoms with Gasteiger partial charge in [0.1, 0.15) is 29.4 Å². The molecule has 208 valence electrons. The third-order valence-electron chi connectivity index (χ3n) is 6.16. The monoisotopic (exact) mass is 623 g/mol. The molecule has 4 aromatic rings. The molecular formula is C27H29BrF3N3O4Si. The van der Waals surface area contributed by atoms with E-state index in [4.69, 9.17) is 14.2 Å². The minimum absolute atomic E-state index is 0.0682. The molecule has 0 aliphatic carbocycles. The number of methoxy groups -OCH3 is 2. The summed E-state index contributed by atoms with van der Waals surface area (Å²) in [6.45, 7) is 7.28. The van der Waals surface area contributed by atoms with Crippen molar-refractivity contribution in [3.63, 3.8) is 0 Å². The SMILES string of the molecule is COc1cc(OC)cc(-c2nn(-c3cc(Br)ccc3C(F)(F)F)c(=O)c3c2ccn3COCC[Si](C)(C)C)c1. The Morgan fingerprint density at radius 2 is 1.67 bits per heavy atom. The summed E-state index contributed by atoms with van der Waals surface area (Å²) in [5, 5.41) is 4.93. The van der Waals surface area contributed by atoms with Crippen LogP contribution in [-0.2, 0) is 17.6 Å². The molecule has 7 nitrogen and oxygen atoms in total. The highest BCUT2D eigenvalue weighted by atomic mass is 79.9. The van der Waals surface area contributed by atoms with E-state index in [9.17, 15) is 18.0 Å². The lowest BCUT2D eigenvalue weighted by Crippen LogP contribution is -2.27. The number of aromatic nitrogens is 3. The predicted octanol–water partition coefficient (Wildman–Crippen LogP) is 6.97. The molecule has 0 aliphatic rings. The Morgan fingerprint density at radius 3 is 2.26 bits per heavy atom. The van der Waals surface area contributed by atoms with E-state index in [-0.39, 0.29) is 17.9 Å². The molecule has 0 radical (unpaired) electrons. The standard InChI is InChI=1S/C27H29BrF3N3O4Si/c1-36-19-12-17(13-20(15-19)37-2)24-21-8-9-33(16-38-10-11-39(3,4)5)25(21)26(35)34(32-24)23-14-18(28)6-7-22(23)27(29,30)31/h6-9,12-15H,10-11,16H2,1-5H3. The molecule has 0 bridgehead atoms. The van der Waals surface area contributed by atoms with Crippen molar-refractivity contribution in [3.05, 3.63) is 69.1 Å². The zero-order chi connectivity index (χ0) is 28.5. The highest BCUT2D eigenvalue weighted by Crippen LogP contribution is 2.36. The van der Waals surface area contributed by atoms with Gasteiger partial charge in [-0.2, -0.15) is 23.0 Å². The Balaban J connectivity index is 1.98. The van der Waals surface area contributed by atoms with E-state index in [0.29, 0.717) is 33.5 Å². The molecular weight excluding hydrogens is 595 g/mol. The molecule has 0 saturated heterocycles. The topological polar surface area (TPSA) is 67.5 Å². The van der Waals surface area contributed by atoms with Gasteiger partial charge < -0.3 is 18.8 Å². The molecule has 4 rings (SSSR count). The van der Waals surface area contributed by atoms with Gasteiger partial charge in [-0.05, 0) is 42.4 Å². The summed E-state index contributed by atoms with van der Waals surface area (Å²) < 4.78 is 61.6. The van der Waals surface area contributed by atoms with Crippen molar-refractivity contribution >= 4 is 34.9 Å². The smallest absolute Gasteiger partial charge is 0.418 e. The molecule has 0 aliphatic heterocycles. The van der Waals surface area contributed by atoms with Gasteiger partial charge in [0.15, 0.2) is 0 Å². The van der Waals surface area contributed by atoms with Crippen LogP contribution in [0.5, 0.6) is 11.5 Å². The molecule has 0 amide bonds. The van der Waals surface area contributed by atoms with E-state index < -0.39 is 31.1 Å². The molecule has 2 aromatic heterocycles. The molecule has 0 N–H and O–H groups in total. The van der Waals surface area contributed by atoms with Crippen molar-refractivity contribution in [2.24, 2.45) is 0 Å². The Labute approximate surface area is 233 Å². The highest BCUT2D eigenvalue weighted by Gasteiger charge is 2.35. The summed E-state index contributed by atoms with van der Waals surface area (Å²) in [7, 11) is 1.65. The van der Waals surface area contributed by atoms with Gasteiger partial charge in [-0.15, -0.1) is 0 Å². The molecule has 0 spiro atoms. The lowest BCUT2D eigenvalue weighted by atomic mass is 10.1. The summed E-state index contributed by atoms with van der Waals surface area (Å²) in [5.74, 6) is 0.925. The van der Waals surface area contributed by atoms with Crippen molar-refractivity contribution in [2.45, 2.75) is 38.6 Å². The van der Waals surface area contributed by atoms with Gasteiger partial charge in [-0.3, -0.25) is 4.79 Å². The maximum Gasteiger partial charge on any atom is 0.418 e. The van der Waals surface area contributed by atoms with E-state index in [2.05, 4.69) is 40.7 Å².